The van der Waals surface area contributed by atoms with E-state index in [1.165, 1.54) is 0 Å². The van der Waals surface area contributed by atoms with Crippen molar-refractivity contribution in [2.75, 3.05) is 7.11 Å². The van der Waals surface area contributed by atoms with Crippen LogP contribution in [0.5, 0.6) is 5.75 Å². The molecule has 0 saturated heterocycles. The van der Waals surface area contributed by atoms with Gasteiger partial charge in [-0.05, 0) is 53.5 Å². The Bertz CT molecular complexity index is 1490. The molecule has 1 aromatic heterocycles. The van der Waals surface area contributed by atoms with Crippen LogP contribution in [-0.2, 0) is 20.7 Å². The Hall–Kier alpha value is -2.74. The Morgan fingerprint density at radius 2 is 1.56 bits per heavy atom. The number of methoxy groups -OCH3 is 1. The van der Waals surface area contributed by atoms with Crippen LogP contribution in [-0.4, -0.2) is 34.7 Å². The number of carbonyl (C=O) groups excluding carboxylic acids is 2. The number of aromatic carboxylic acids is 1. The number of ketones is 2. The number of rotatable bonds is 5. The van der Waals surface area contributed by atoms with E-state index in [1.54, 1.807) is 13.2 Å². The number of aromatic nitrogens is 1. The Morgan fingerprint density at radius 3 is 2.05 bits per heavy atom. The largest absolute Gasteiger partial charge is 1.00 e. The molecule has 0 unspecified atom stereocenters. The van der Waals surface area contributed by atoms with Crippen molar-refractivity contribution in [2.24, 2.45) is 10.8 Å². The first kappa shape index (κ1) is 31.2. The quantitative estimate of drug-likeness (QED) is 0.548. The monoisotopic (exact) mass is 567 g/mol. The zero-order chi connectivity index (χ0) is 29.1. The zero-order valence-corrected chi connectivity index (χ0v) is 27.4. The summed E-state index contributed by atoms with van der Waals surface area (Å²) < 4.78 is 12.3. The van der Waals surface area contributed by atoms with E-state index in [2.05, 4.69) is 32.7 Å². The number of allylic oxidation sites excluding steroid dienone is 4. The van der Waals surface area contributed by atoms with Gasteiger partial charge in [-0.15, -0.1) is 0 Å². The number of carbonyl (C=O) groups is 3. The molecule has 212 valence electrons. The van der Waals surface area contributed by atoms with Gasteiger partial charge in [-0.25, -0.2) is 9.78 Å². The molecule has 0 spiro atoms. The van der Waals surface area contributed by atoms with E-state index in [9.17, 15) is 19.5 Å². The molecule has 0 fully saturated rings. The second-order valence-corrected chi connectivity index (χ2v) is 12.8. The third-order valence-corrected chi connectivity index (χ3v) is 8.40. The Labute approximate surface area is 265 Å². The standard InChI is InChI=1S/C33H37NO6.Na.H/c1-8-18-9-11-20(34-30(18)31(37)38)19-10-12-23(39-7)26(17(19)2)29-27-21(35)13-32(3,4)15-24(27)40-25-16-33(5,6)14-22(36)28(25)29;;/h9-12,29H,8,13-16H2,1-7H3,(H,37,38);;/q;+1;-1. The Kier molecular flexibility index (Phi) is 8.49. The molecular formula is C33H38NNaO6. The van der Waals surface area contributed by atoms with Gasteiger partial charge >= 0.3 is 35.5 Å². The van der Waals surface area contributed by atoms with E-state index in [4.69, 9.17) is 9.47 Å². The van der Waals surface area contributed by atoms with Crippen molar-refractivity contribution in [3.8, 4) is 17.0 Å². The molecule has 2 aliphatic carbocycles. The SMILES string of the molecule is CCc1ccc(-c2ccc(OC)c(C3C4=C(CC(C)(C)CC4=O)OC4=C3C(=O)CC(C)(C)C4)c2C)nc1C(=O)O.[H-].[Na+]. The zero-order valence-electron chi connectivity index (χ0n) is 26.4. The first-order valence-corrected chi connectivity index (χ1v) is 13.9. The number of ether oxygens (including phenoxy) is 2. The van der Waals surface area contributed by atoms with Gasteiger partial charge in [0.15, 0.2) is 17.3 Å². The van der Waals surface area contributed by atoms with Gasteiger partial charge in [0.25, 0.3) is 0 Å². The topological polar surface area (TPSA) is 103 Å². The van der Waals surface area contributed by atoms with Crippen molar-refractivity contribution in [3.63, 3.8) is 0 Å². The molecule has 0 saturated carbocycles. The summed E-state index contributed by atoms with van der Waals surface area (Å²) in [6.07, 6.45) is 2.46. The van der Waals surface area contributed by atoms with Crippen LogP contribution in [0.1, 0.15) is 94.8 Å². The number of pyridine rings is 1. The molecule has 2 heterocycles. The minimum Gasteiger partial charge on any atom is -1.00 e. The first-order valence-electron chi connectivity index (χ1n) is 13.9. The second-order valence-electron chi connectivity index (χ2n) is 12.8. The van der Waals surface area contributed by atoms with Crippen molar-refractivity contribution in [1.29, 1.82) is 0 Å². The van der Waals surface area contributed by atoms with Crippen molar-refractivity contribution >= 4 is 17.5 Å². The summed E-state index contributed by atoms with van der Waals surface area (Å²) in [5.41, 5.74) is 3.97. The van der Waals surface area contributed by atoms with Gasteiger partial charge in [-0.1, -0.05) is 40.7 Å². The van der Waals surface area contributed by atoms with Crippen LogP contribution in [0.2, 0.25) is 0 Å². The maximum atomic E-state index is 13.8. The Balaban J connectivity index is 0.00000242. The summed E-state index contributed by atoms with van der Waals surface area (Å²) in [5, 5.41) is 9.80. The summed E-state index contributed by atoms with van der Waals surface area (Å²) in [5.74, 6) is 0.0871. The third-order valence-electron chi connectivity index (χ3n) is 8.40. The molecule has 41 heavy (non-hydrogen) atoms. The average Bonchev–Trinajstić information content (AvgIpc) is 2.85. The summed E-state index contributed by atoms with van der Waals surface area (Å²) in [6.45, 7) is 12.1. The first-order chi connectivity index (χ1) is 18.8. The van der Waals surface area contributed by atoms with Gasteiger partial charge < -0.3 is 16.0 Å². The second kappa shape index (κ2) is 11.2. The summed E-state index contributed by atoms with van der Waals surface area (Å²) in [4.78, 5) is 44.1. The predicted octanol–water partition coefficient (Wildman–Crippen LogP) is 3.84. The van der Waals surface area contributed by atoms with E-state index >= 15 is 0 Å². The number of carboxylic acids is 1. The average molecular weight is 568 g/mol. The number of hydrogen-bond donors (Lipinski definition) is 1. The van der Waals surface area contributed by atoms with Gasteiger partial charge in [-0.3, -0.25) is 9.59 Å². The molecule has 0 radical (unpaired) electrons. The minimum atomic E-state index is -1.08. The summed E-state index contributed by atoms with van der Waals surface area (Å²) in [7, 11) is 1.58. The fraction of sp³-hybridized carbons (Fsp3) is 0.455. The normalized spacial score (nSPS) is 19.7. The molecule has 5 rings (SSSR count). The van der Waals surface area contributed by atoms with Crippen molar-refractivity contribution in [1.82, 2.24) is 4.98 Å². The number of benzene rings is 1. The maximum absolute atomic E-state index is 13.8. The molecular weight excluding hydrogens is 529 g/mol. The van der Waals surface area contributed by atoms with E-state index in [0.29, 0.717) is 71.8 Å². The fourth-order valence-corrected chi connectivity index (χ4v) is 6.59. The number of carboxylic acid groups (broad SMARTS) is 1. The van der Waals surface area contributed by atoms with Crippen LogP contribution < -0.4 is 34.3 Å². The summed E-state index contributed by atoms with van der Waals surface area (Å²) in [6, 6.07) is 7.30. The Morgan fingerprint density at radius 1 is 1.00 bits per heavy atom. The number of Topliss-reactive ketones (excluding diaryl/α,β-unsaturated/α-hetero) is 2. The van der Waals surface area contributed by atoms with Crippen LogP contribution in [0, 0.1) is 17.8 Å². The van der Waals surface area contributed by atoms with Crippen LogP contribution in [0.25, 0.3) is 11.3 Å². The van der Waals surface area contributed by atoms with E-state index < -0.39 is 11.9 Å². The van der Waals surface area contributed by atoms with Crippen LogP contribution in [0.4, 0.5) is 0 Å². The third kappa shape index (κ3) is 5.56. The summed E-state index contributed by atoms with van der Waals surface area (Å²) >= 11 is 0. The molecule has 1 aliphatic heterocycles. The van der Waals surface area contributed by atoms with Crippen LogP contribution in [0.3, 0.4) is 0 Å². The number of aryl methyl sites for hydroxylation is 1. The van der Waals surface area contributed by atoms with Gasteiger partial charge in [0.1, 0.15) is 17.3 Å². The minimum absolute atomic E-state index is 0. The predicted molar refractivity (Wildman–Crippen MR) is 152 cm³/mol. The van der Waals surface area contributed by atoms with Crippen molar-refractivity contribution in [2.45, 2.75) is 79.6 Å². The number of hydrogen-bond acceptors (Lipinski definition) is 6. The van der Waals surface area contributed by atoms with E-state index in [0.717, 1.165) is 16.7 Å². The van der Waals surface area contributed by atoms with Crippen molar-refractivity contribution in [3.05, 3.63) is 69.3 Å². The smallest absolute Gasteiger partial charge is 1.00 e. The maximum Gasteiger partial charge on any atom is 1.00 e. The molecule has 1 N–H and O–H groups in total. The van der Waals surface area contributed by atoms with Gasteiger partial charge in [0.05, 0.1) is 18.7 Å². The van der Waals surface area contributed by atoms with E-state index in [1.807, 2.05) is 32.0 Å². The molecule has 3 aliphatic rings. The number of nitrogens with zero attached hydrogens (tertiary/aromatic N) is 1. The molecule has 2 aromatic rings. The fourth-order valence-electron chi connectivity index (χ4n) is 6.59. The molecule has 0 bridgehead atoms. The van der Waals surface area contributed by atoms with Crippen LogP contribution >= 0.6 is 0 Å². The van der Waals surface area contributed by atoms with Crippen molar-refractivity contribution < 1.29 is 59.9 Å². The molecule has 8 heteroatoms. The molecule has 0 amide bonds. The van der Waals surface area contributed by atoms with E-state index in [-0.39, 0.29) is 59.1 Å². The van der Waals surface area contributed by atoms with Gasteiger partial charge in [-0.2, -0.15) is 0 Å². The molecule has 0 atom stereocenters. The van der Waals surface area contributed by atoms with Gasteiger partial charge in [0, 0.05) is 48.0 Å². The van der Waals surface area contributed by atoms with Gasteiger partial charge in [0.2, 0.25) is 0 Å². The van der Waals surface area contributed by atoms with Crippen LogP contribution in [0.15, 0.2) is 46.9 Å². The molecule has 7 nitrogen and oxygen atoms in total. The molecule has 1 aromatic carbocycles.